The fourth-order valence-electron chi connectivity index (χ4n) is 4.52. The van der Waals surface area contributed by atoms with Crippen molar-refractivity contribution >= 4 is 6.03 Å². The largest absolute Gasteiger partial charge is 0.381 e. The van der Waals surface area contributed by atoms with Crippen LogP contribution >= 0.6 is 0 Å². The van der Waals surface area contributed by atoms with Gasteiger partial charge in [0, 0.05) is 45.4 Å². The van der Waals surface area contributed by atoms with E-state index >= 15 is 0 Å². The summed E-state index contributed by atoms with van der Waals surface area (Å²) in [5.74, 6) is 2.00. The molecule has 3 unspecified atom stereocenters. The van der Waals surface area contributed by atoms with Crippen molar-refractivity contribution in [2.24, 2.45) is 17.8 Å². The van der Waals surface area contributed by atoms with Crippen LogP contribution in [0.1, 0.15) is 39.5 Å². The van der Waals surface area contributed by atoms with Crippen molar-refractivity contribution in [3.05, 3.63) is 0 Å². The molecule has 0 radical (unpaired) electrons. The van der Waals surface area contributed by atoms with Crippen molar-refractivity contribution in [1.29, 1.82) is 0 Å². The van der Waals surface area contributed by atoms with E-state index < -0.39 is 0 Å². The molecule has 0 bridgehead atoms. The Morgan fingerprint density at radius 2 is 2.13 bits per heavy atom. The molecule has 0 aromatic rings. The number of nitrogens with zero attached hydrogens (tertiary/aromatic N) is 2. The Morgan fingerprint density at radius 3 is 2.96 bits per heavy atom. The van der Waals surface area contributed by atoms with Gasteiger partial charge >= 0.3 is 6.03 Å². The standard InChI is InChI=1S/C18H33N3O2/c1-14(2)13-23-9-5-7-19-18(22)21-11-15-10-20-8-4-3-6-17(20)16(15)12-21/h14-17H,3-13H2,1-2H3,(H,19,22). The zero-order chi connectivity index (χ0) is 16.2. The average Bonchev–Trinajstić information content (AvgIpc) is 3.08. The molecule has 0 aromatic heterocycles. The lowest BCUT2D eigenvalue weighted by Crippen LogP contribution is -2.44. The molecule has 0 aliphatic carbocycles. The number of carbonyl (C=O) groups excluding carboxylic acids is 1. The van der Waals surface area contributed by atoms with E-state index in [9.17, 15) is 4.79 Å². The molecule has 5 heteroatoms. The van der Waals surface area contributed by atoms with Crippen molar-refractivity contribution in [2.45, 2.75) is 45.6 Å². The molecule has 3 heterocycles. The first-order valence-electron chi connectivity index (χ1n) is 9.49. The van der Waals surface area contributed by atoms with Crippen molar-refractivity contribution in [3.8, 4) is 0 Å². The predicted molar refractivity (Wildman–Crippen MR) is 91.4 cm³/mol. The lowest BCUT2D eigenvalue weighted by Gasteiger charge is -2.33. The number of piperidine rings is 1. The summed E-state index contributed by atoms with van der Waals surface area (Å²) in [5, 5.41) is 3.07. The highest BCUT2D eigenvalue weighted by molar-refractivity contribution is 5.74. The fourth-order valence-corrected chi connectivity index (χ4v) is 4.52. The molecule has 3 atom stereocenters. The van der Waals surface area contributed by atoms with Crippen molar-refractivity contribution in [3.63, 3.8) is 0 Å². The van der Waals surface area contributed by atoms with E-state index in [-0.39, 0.29) is 6.03 Å². The highest BCUT2D eigenvalue weighted by atomic mass is 16.5. The Balaban J connectivity index is 1.34. The molecule has 3 rings (SSSR count). The molecule has 3 aliphatic rings. The smallest absolute Gasteiger partial charge is 0.317 e. The molecule has 3 aliphatic heterocycles. The van der Waals surface area contributed by atoms with Crippen molar-refractivity contribution < 1.29 is 9.53 Å². The number of hydrogen-bond donors (Lipinski definition) is 1. The number of fused-ring (bicyclic) bond motifs is 3. The molecule has 0 aromatic carbocycles. The minimum absolute atomic E-state index is 0.130. The number of rotatable bonds is 6. The van der Waals surface area contributed by atoms with Gasteiger partial charge in [-0.15, -0.1) is 0 Å². The summed E-state index contributed by atoms with van der Waals surface area (Å²) >= 11 is 0. The van der Waals surface area contributed by atoms with Crippen LogP contribution < -0.4 is 5.32 Å². The first-order valence-corrected chi connectivity index (χ1v) is 9.49. The van der Waals surface area contributed by atoms with Gasteiger partial charge in [0.05, 0.1) is 0 Å². The third-order valence-electron chi connectivity index (χ3n) is 5.60. The third-order valence-corrected chi connectivity index (χ3v) is 5.60. The summed E-state index contributed by atoms with van der Waals surface area (Å²) in [6.07, 6.45) is 4.96. The Hall–Kier alpha value is -0.810. The molecule has 1 N–H and O–H groups in total. The van der Waals surface area contributed by atoms with E-state index in [4.69, 9.17) is 4.74 Å². The molecule has 132 valence electrons. The van der Waals surface area contributed by atoms with Gasteiger partial charge in [-0.25, -0.2) is 4.79 Å². The summed E-state index contributed by atoms with van der Waals surface area (Å²) in [6, 6.07) is 0.876. The number of ether oxygens (including phenoxy) is 1. The number of amides is 2. The van der Waals surface area contributed by atoms with Gasteiger partial charge in [0.2, 0.25) is 0 Å². The summed E-state index contributed by atoms with van der Waals surface area (Å²) in [7, 11) is 0. The maximum Gasteiger partial charge on any atom is 0.317 e. The van der Waals surface area contributed by atoms with Crippen LogP contribution in [0.25, 0.3) is 0 Å². The fraction of sp³-hybridized carbons (Fsp3) is 0.944. The van der Waals surface area contributed by atoms with Gasteiger partial charge in [-0.1, -0.05) is 20.3 Å². The minimum Gasteiger partial charge on any atom is -0.381 e. The van der Waals surface area contributed by atoms with Gasteiger partial charge in [0.15, 0.2) is 0 Å². The lowest BCUT2D eigenvalue weighted by molar-refractivity contribution is 0.107. The highest BCUT2D eigenvalue weighted by Crippen LogP contribution is 2.40. The molecular formula is C18H33N3O2. The number of carbonyl (C=O) groups is 1. The normalized spacial score (nSPS) is 30.6. The second kappa shape index (κ2) is 7.84. The second-order valence-electron chi connectivity index (χ2n) is 7.94. The van der Waals surface area contributed by atoms with Gasteiger partial charge in [-0.05, 0) is 43.6 Å². The van der Waals surface area contributed by atoms with Gasteiger partial charge in [-0.2, -0.15) is 0 Å². The molecule has 0 saturated carbocycles. The van der Waals surface area contributed by atoms with Crippen LogP contribution in [0.2, 0.25) is 0 Å². The Morgan fingerprint density at radius 1 is 1.26 bits per heavy atom. The summed E-state index contributed by atoms with van der Waals surface area (Å²) < 4.78 is 5.55. The van der Waals surface area contributed by atoms with Gasteiger partial charge in [0.25, 0.3) is 0 Å². The van der Waals surface area contributed by atoms with Crippen LogP contribution in [0.3, 0.4) is 0 Å². The third kappa shape index (κ3) is 4.18. The Bertz CT molecular complexity index is 402. The van der Waals surface area contributed by atoms with E-state index in [1.54, 1.807) is 0 Å². The number of likely N-dealkylation sites (tertiary alicyclic amines) is 1. The average molecular weight is 323 g/mol. The number of nitrogens with one attached hydrogen (secondary N) is 1. The quantitative estimate of drug-likeness (QED) is 0.762. The van der Waals surface area contributed by atoms with Crippen molar-refractivity contribution in [2.75, 3.05) is 45.9 Å². The molecule has 2 amide bonds. The maximum absolute atomic E-state index is 12.3. The van der Waals surface area contributed by atoms with Gasteiger partial charge < -0.3 is 15.0 Å². The molecule has 23 heavy (non-hydrogen) atoms. The highest BCUT2D eigenvalue weighted by Gasteiger charge is 2.48. The van der Waals surface area contributed by atoms with Crippen LogP contribution in [0, 0.1) is 17.8 Å². The first-order chi connectivity index (χ1) is 11.1. The molecule has 3 saturated heterocycles. The van der Waals surface area contributed by atoms with Crippen LogP contribution in [-0.2, 0) is 4.74 Å². The maximum atomic E-state index is 12.3. The number of hydrogen-bond acceptors (Lipinski definition) is 3. The molecule has 0 spiro atoms. The van der Waals surface area contributed by atoms with Crippen LogP contribution in [0.4, 0.5) is 4.79 Å². The van der Waals surface area contributed by atoms with Gasteiger partial charge in [-0.3, -0.25) is 4.90 Å². The Kier molecular flexibility index (Phi) is 5.81. The molecular weight excluding hydrogens is 290 g/mol. The summed E-state index contributed by atoms with van der Waals surface area (Å²) in [4.78, 5) is 17.1. The van der Waals surface area contributed by atoms with E-state index in [1.165, 1.54) is 32.4 Å². The zero-order valence-electron chi connectivity index (χ0n) is 14.8. The van der Waals surface area contributed by atoms with E-state index in [1.807, 2.05) is 0 Å². The monoisotopic (exact) mass is 323 g/mol. The number of urea groups is 1. The molecule has 5 nitrogen and oxygen atoms in total. The van der Waals surface area contributed by atoms with Gasteiger partial charge in [0.1, 0.15) is 0 Å². The van der Waals surface area contributed by atoms with Crippen LogP contribution in [0.5, 0.6) is 0 Å². The minimum atomic E-state index is 0.130. The SMILES string of the molecule is CC(C)COCCCNC(=O)N1CC2CN3CCCCC3C2C1. The Labute approximate surface area is 140 Å². The lowest BCUT2D eigenvalue weighted by atomic mass is 9.90. The van der Waals surface area contributed by atoms with Crippen LogP contribution in [-0.4, -0.2) is 67.8 Å². The molecule has 3 fully saturated rings. The van der Waals surface area contributed by atoms with E-state index in [0.29, 0.717) is 11.8 Å². The van der Waals surface area contributed by atoms with E-state index in [2.05, 4.69) is 29.0 Å². The first kappa shape index (κ1) is 17.0. The van der Waals surface area contributed by atoms with E-state index in [0.717, 1.165) is 51.2 Å². The topological polar surface area (TPSA) is 44.8 Å². The summed E-state index contributed by atoms with van der Waals surface area (Å²) in [6.45, 7) is 11.0. The predicted octanol–water partition coefficient (Wildman–Crippen LogP) is 2.17. The van der Waals surface area contributed by atoms with Crippen molar-refractivity contribution in [1.82, 2.24) is 15.1 Å². The summed E-state index contributed by atoms with van der Waals surface area (Å²) in [5.41, 5.74) is 0. The zero-order valence-corrected chi connectivity index (χ0v) is 14.8. The van der Waals surface area contributed by atoms with Crippen LogP contribution in [0.15, 0.2) is 0 Å². The second-order valence-corrected chi connectivity index (χ2v) is 7.94.